The molecule has 11 heteroatoms. The van der Waals surface area contributed by atoms with E-state index in [0.29, 0.717) is 6.42 Å². The van der Waals surface area contributed by atoms with Crippen LogP contribution in [0, 0.1) is 6.08 Å². The fourth-order valence-electron chi connectivity index (χ4n) is 5.25. The molecule has 1 amide bonds. The Bertz CT molecular complexity index is 1050. The summed E-state index contributed by atoms with van der Waals surface area (Å²) >= 11 is 0. The smallest absolute Gasteiger partial charge is 0.412 e. The Morgan fingerprint density at radius 3 is 2.41 bits per heavy atom. The minimum Gasteiger partial charge on any atom is -0.449 e. The number of aromatic nitrogens is 4. The number of carbonyl (C=O) groups is 1. The lowest BCUT2D eigenvalue weighted by Crippen LogP contribution is -2.25. The Balaban J connectivity index is 1.16. The van der Waals surface area contributed by atoms with Gasteiger partial charge in [-0.25, -0.2) is 9.78 Å². The predicted molar refractivity (Wildman–Crippen MR) is 135 cm³/mol. The molecule has 1 saturated carbocycles. The normalized spacial score (nSPS) is 24.4. The molecule has 0 bridgehead atoms. The number of nitrogens with zero attached hydrogens (tertiary/aromatic N) is 4. The maximum absolute atomic E-state index is 14.2. The maximum Gasteiger partial charge on any atom is 0.412 e. The van der Waals surface area contributed by atoms with Gasteiger partial charge in [-0.1, -0.05) is 77.6 Å². The highest BCUT2D eigenvalue weighted by atomic mass is 19.1. The number of rotatable bonds is 16. The highest BCUT2D eigenvalue weighted by molar-refractivity contribution is 5.93. The molecule has 3 N–H and O–H groups in total. The monoisotopic (exact) mass is 521 g/mol. The van der Waals surface area contributed by atoms with E-state index in [9.17, 15) is 19.4 Å². The number of imidazole rings is 1. The van der Waals surface area contributed by atoms with Crippen LogP contribution in [0.25, 0.3) is 11.2 Å². The molecule has 206 valence electrons. The SMILES string of the molecule is CCCCCCCCCCCCCCOC(=O)Nc1nc(F)nc2c1ncn2[C@H]1C[C@@]2(O)C[C@]2(CO)O1. The molecule has 1 aliphatic carbocycles. The molecular formula is C26H40FN5O5. The Morgan fingerprint density at radius 2 is 1.78 bits per heavy atom. The van der Waals surface area contributed by atoms with E-state index in [1.165, 1.54) is 68.7 Å². The van der Waals surface area contributed by atoms with Gasteiger partial charge in [0.15, 0.2) is 17.0 Å². The first kappa shape index (κ1) is 27.7. The number of aliphatic hydroxyl groups excluding tert-OH is 1. The molecule has 1 aliphatic heterocycles. The van der Waals surface area contributed by atoms with Gasteiger partial charge in [-0.15, -0.1) is 0 Å². The third-order valence-electron chi connectivity index (χ3n) is 7.59. The third-order valence-corrected chi connectivity index (χ3v) is 7.59. The van der Waals surface area contributed by atoms with Gasteiger partial charge < -0.3 is 19.7 Å². The van der Waals surface area contributed by atoms with E-state index in [1.807, 2.05) is 0 Å². The first-order valence-corrected chi connectivity index (χ1v) is 13.8. The highest BCUT2D eigenvalue weighted by Crippen LogP contribution is 2.62. The van der Waals surface area contributed by atoms with Crippen molar-refractivity contribution in [2.24, 2.45) is 0 Å². The molecular weight excluding hydrogens is 481 g/mol. The second-order valence-corrected chi connectivity index (χ2v) is 10.5. The molecule has 2 aliphatic rings. The van der Waals surface area contributed by atoms with E-state index in [1.54, 1.807) is 0 Å². The number of ether oxygens (including phenoxy) is 2. The van der Waals surface area contributed by atoms with Crippen molar-refractivity contribution in [1.29, 1.82) is 0 Å². The van der Waals surface area contributed by atoms with Gasteiger partial charge in [-0.2, -0.15) is 14.4 Å². The van der Waals surface area contributed by atoms with Crippen molar-refractivity contribution in [3.63, 3.8) is 0 Å². The molecule has 0 radical (unpaired) electrons. The van der Waals surface area contributed by atoms with Gasteiger partial charge in [0.2, 0.25) is 0 Å². The van der Waals surface area contributed by atoms with Crippen molar-refractivity contribution in [2.75, 3.05) is 18.5 Å². The van der Waals surface area contributed by atoms with E-state index in [-0.39, 0.29) is 36.6 Å². The molecule has 10 nitrogen and oxygen atoms in total. The number of halogens is 1. The van der Waals surface area contributed by atoms with Crippen LogP contribution in [0.15, 0.2) is 6.33 Å². The van der Waals surface area contributed by atoms with Gasteiger partial charge in [-0.05, 0) is 6.42 Å². The fraction of sp³-hybridized carbons (Fsp3) is 0.769. The second-order valence-electron chi connectivity index (χ2n) is 10.5. The molecule has 3 atom stereocenters. The van der Waals surface area contributed by atoms with Gasteiger partial charge in [0.1, 0.15) is 17.4 Å². The molecule has 37 heavy (non-hydrogen) atoms. The summed E-state index contributed by atoms with van der Waals surface area (Å²) in [5.74, 6) is -0.0975. The van der Waals surface area contributed by atoms with Crippen molar-refractivity contribution in [1.82, 2.24) is 19.5 Å². The second kappa shape index (κ2) is 12.4. The lowest BCUT2D eigenvalue weighted by molar-refractivity contribution is -0.0641. The largest absolute Gasteiger partial charge is 0.449 e. The first-order valence-electron chi connectivity index (χ1n) is 13.8. The van der Waals surface area contributed by atoms with E-state index < -0.39 is 29.6 Å². The molecule has 2 aromatic heterocycles. The van der Waals surface area contributed by atoms with Gasteiger partial charge in [-0.3, -0.25) is 9.88 Å². The van der Waals surface area contributed by atoms with Crippen LogP contribution in [0.3, 0.4) is 0 Å². The van der Waals surface area contributed by atoms with Crippen molar-refractivity contribution in [3.8, 4) is 0 Å². The Hall–Kier alpha value is -2.37. The summed E-state index contributed by atoms with van der Waals surface area (Å²) in [6, 6.07) is 0. The van der Waals surface area contributed by atoms with Gasteiger partial charge in [0, 0.05) is 12.8 Å². The van der Waals surface area contributed by atoms with E-state index in [4.69, 9.17) is 9.47 Å². The van der Waals surface area contributed by atoms with Crippen LogP contribution < -0.4 is 5.32 Å². The Labute approximate surface area is 217 Å². The fourth-order valence-corrected chi connectivity index (χ4v) is 5.25. The minimum absolute atomic E-state index is 0.0975. The van der Waals surface area contributed by atoms with Crippen molar-refractivity contribution in [3.05, 3.63) is 12.4 Å². The van der Waals surface area contributed by atoms with Crippen LogP contribution in [0.4, 0.5) is 15.0 Å². The van der Waals surface area contributed by atoms with Gasteiger partial charge >= 0.3 is 12.2 Å². The quantitative estimate of drug-likeness (QED) is 0.208. The number of amides is 1. The van der Waals surface area contributed by atoms with Crippen LogP contribution in [-0.4, -0.2) is 60.2 Å². The predicted octanol–water partition coefficient (Wildman–Crippen LogP) is 5.00. The molecule has 1 saturated heterocycles. The minimum atomic E-state index is -1.12. The summed E-state index contributed by atoms with van der Waals surface area (Å²) < 4.78 is 26.7. The number of hydrogen-bond acceptors (Lipinski definition) is 8. The molecule has 0 aromatic carbocycles. The van der Waals surface area contributed by atoms with Crippen molar-refractivity contribution in [2.45, 2.75) is 114 Å². The van der Waals surface area contributed by atoms with Crippen LogP contribution in [0.5, 0.6) is 0 Å². The topological polar surface area (TPSA) is 132 Å². The van der Waals surface area contributed by atoms with E-state index in [2.05, 4.69) is 27.2 Å². The van der Waals surface area contributed by atoms with Crippen LogP contribution >= 0.6 is 0 Å². The zero-order valence-corrected chi connectivity index (χ0v) is 21.8. The lowest BCUT2D eigenvalue weighted by atomic mass is 10.1. The lowest BCUT2D eigenvalue weighted by Gasteiger charge is -2.17. The number of fused-ring (bicyclic) bond motifs is 2. The van der Waals surface area contributed by atoms with Gasteiger partial charge in [0.05, 0.1) is 19.5 Å². The molecule has 4 rings (SSSR count). The average molecular weight is 522 g/mol. The number of unbranched alkanes of at least 4 members (excludes halogenated alkanes) is 11. The van der Waals surface area contributed by atoms with Gasteiger partial charge in [0.25, 0.3) is 0 Å². The van der Waals surface area contributed by atoms with Crippen LogP contribution in [-0.2, 0) is 9.47 Å². The third kappa shape index (κ3) is 6.56. The average Bonchev–Trinajstić information content (AvgIpc) is 3.13. The zero-order valence-electron chi connectivity index (χ0n) is 21.8. The molecule has 3 heterocycles. The molecule has 2 aromatic rings. The summed E-state index contributed by atoms with van der Waals surface area (Å²) in [6.07, 6.45) is 14.1. The van der Waals surface area contributed by atoms with Crippen LogP contribution in [0.1, 0.15) is 103 Å². The summed E-state index contributed by atoms with van der Waals surface area (Å²) in [5.41, 5.74) is -1.82. The number of nitrogens with one attached hydrogen (secondary N) is 1. The maximum atomic E-state index is 14.2. The molecule has 0 spiro atoms. The van der Waals surface area contributed by atoms with Crippen molar-refractivity contribution >= 4 is 23.1 Å². The molecule has 0 unspecified atom stereocenters. The summed E-state index contributed by atoms with van der Waals surface area (Å²) in [6.45, 7) is 2.20. The number of aliphatic hydroxyl groups is 2. The first-order chi connectivity index (χ1) is 17.9. The van der Waals surface area contributed by atoms with E-state index >= 15 is 0 Å². The molecule has 2 fully saturated rings. The highest BCUT2D eigenvalue weighted by Gasteiger charge is 2.74. The summed E-state index contributed by atoms with van der Waals surface area (Å²) in [7, 11) is 0. The number of anilines is 1. The van der Waals surface area contributed by atoms with E-state index in [0.717, 1.165) is 19.3 Å². The summed E-state index contributed by atoms with van der Waals surface area (Å²) in [4.78, 5) is 24.0. The van der Waals surface area contributed by atoms with Crippen molar-refractivity contribution < 1.29 is 28.9 Å². The van der Waals surface area contributed by atoms with Crippen LogP contribution in [0.2, 0.25) is 0 Å². The number of carbonyl (C=O) groups excluding carboxylic acids is 1. The Kier molecular flexibility index (Phi) is 9.31. The standard InChI is InChI=1S/C26H40FN5O5/c1-2-3-4-5-6-7-8-9-10-11-12-13-14-36-24(34)30-21-20-22(31-23(27)29-21)32(18-28-20)19-15-25(35)16-26(25,17-33)37-19/h18-19,33,35H,2-17H2,1H3,(H,29,30,31,34)/t19-,25-,26-/m1/s1. The Morgan fingerprint density at radius 1 is 1.14 bits per heavy atom. The summed E-state index contributed by atoms with van der Waals surface area (Å²) in [5, 5.41) is 22.5. The zero-order chi connectivity index (χ0) is 26.3. The number of hydrogen-bond donors (Lipinski definition) is 3.